The molecule has 3 heterocycles. The van der Waals surface area contributed by atoms with Gasteiger partial charge in [-0.05, 0) is 12.5 Å². The smallest absolute Gasteiger partial charge is 0.282 e. The van der Waals surface area contributed by atoms with Crippen molar-refractivity contribution in [1.29, 1.82) is 0 Å². The van der Waals surface area contributed by atoms with E-state index >= 15 is 0 Å². The SMILES string of the molecule is O=S(=O)(N1CCOCC1)N1CC[C@H](c2cc(CCO)[nH]n2)C1. The third kappa shape index (κ3) is 3.18. The number of aliphatic hydroxyl groups excluding tert-OH is 1. The Kier molecular flexibility index (Phi) is 4.79. The summed E-state index contributed by atoms with van der Waals surface area (Å²) in [5.74, 6) is 0.111. The molecule has 1 aromatic rings. The van der Waals surface area contributed by atoms with Gasteiger partial charge in [-0.3, -0.25) is 5.10 Å². The van der Waals surface area contributed by atoms with Crippen molar-refractivity contribution in [2.45, 2.75) is 18.8 Å². The number of aliphatic hydroxyl groups is 1. The summed E-state index contributed by atoms with van der Waals surface area (Å²) in [6.07, 6.45) is 1.31. The lowest BCUT2D eigenvalue weighted by Gasteiger charge is -2.30. The lowest BCUT2D eigenvalue weighted by atomic mass is 10.0. The zero-order valence-corrected chi connectivity index (χ0v) is 13.3. The molecule has 0 radical (unpaired) electrons. The van der Waals surface area contributed by atoms with Crippen molar-refractivity contribution < 1.29 is 18.3 Å². The van der Waals surface area contributed by atoms with Gasteiger partial charge >= 0.3 is 0 Å². The molecule has 2 N–H and O–H groups in total. The Labute approximate surface area is 130 Å². The Bertz CT molecular complexity index is 597. The Morgan fingerprint density at radius 1 is 1.32 bits per heavy atom. The molecule has 2 fully saturated rings. The Hall–Kier alpha value is -1.00. The van der Waals surface area contributed by atoms with Crippen LogP contribution in [0.1, 0.15) is 23.7 Å². The van der Waals surface area contributed by atoms with Gasteiger partial charge < -0.3 is 9.84 Å². The number of rotatable bonds is 5. The third-order valence-electron chi connectivity index (χ3n) is 4.22. The van der Waals surface area contributed by atoms with Gasteiger partial charge in [-0.25, -0.2) is 0 Å². The number of morpholine rings is 1. The molecule has 2 aliphatic rings. The minimum atomic E-state index is -3.40. The molecule has 1 aromatic heterocycles. The second-order valence-electron chi connectivity index (χ2n) is 5.65. The zero-order valence-electron chi connectivity index (χ0n) is 12.4. The molecule has 0 spiro atoms. The standard InChI is InChI=1S/C13H22N4O4S/c18-6-2-12-9-13(15-14-12)11-1-3-17(10-11)22(19,20)16-4-7-21-8-5-16/h9,11,18H,1-8,10H2,(H,14,15)/t11-/m0/s1. The Balaban J connectivity index is 1.65. The van der Waals surface area contributed by atoms with Gasteiger partial charge in [0.05, 0.1) is 18.9 Å². The minimum absolute atomic E-state index is 0.0732. The van der Waals surface area contributed by atoms with Gasteiger partial charge in [0.1, 0.15) is 0 Å². The predicted octanol–water partition coefficient (Wildman–Crippen LogP) is -0.689. The maximum Gasteiger partial charge on any atom is 0.282 e. The first kappa shape index (κ1) is 15.9. The highest BCUT2D eigenvalue weighted by atomic mass is 32.2. The van der Waals surface area contributed by atoms with Crippen LogP contribution in [0.25, 0.3) is 0 Å². The predicted molar refractivity (Wildman–Crippen MR) is 79.6 cm³/mol. The van der Waals surface area contributed by atoms with Crippen LogP contribution in [0.15, 0.2) is 6.07 Å². The van der Waals surface area contributed by atoms with E-state index in [0.717, 1.165) is 17.8 Å². The van der Waals surface area contributed by atoms with Crippen LogP contribution in [0.5, 0.6) is 0 Å². The summed E-state index contributed by atoms with van der Waals surface area (Å²) in [4.78, 5) is 0. The summed E-state index contributed by atoms with van der Waals surface area (Å²) < 4.78 is 33.5. The highest BCUT2D eigenvalue weighted by Crippen LogP contribution is 2.29. The summed E-state index contributed by atoms with van der Waals surface area (Å²) in [5, 5.41) is 16.1. The first-order chi connectivity index (χ1) is 10.6. The van der Waals surface area contributed by atoms with Gasteiger partial charge in [-0.15, -0.1) is 0 Å². The summed E-state index contributed by atoms with van der Waals surface area (Å²) >= 11 is 0. The summed E-state index contributed by atoms with van der Waals surface area (Å²) in [6.45, 7) is 2.82. The van der Waals surface area contributed by atoms with E-state index in [-0.39, 0.29) is 12.5 Å². The van der Waals surface area contributed by atoms with E-state index in [1.165, 1.54) is 4.31 Å². The molecule has 0 aromatic carbocycles. The number of hydrogen-bond donors (Lipinski definition) is 2. The molecule has 2 saturated heterocycles. The van der Waals surface area contributed by atoms with Crippen LogP contribution < -0.4 is 0 Å². The van der Waals surface area contributed by atoms with E-state index in [9.17, 15) is 8.42 Å². The molecule has 124 valence electrons. The van der Waals surface area contributed by atoms with Crippen molar-refractivity contribution in [2.75, 3.05) is 46.0 Å². The van der Waals surface area contributed by atoms with Crippen LogP contribution in [0.3, 0.4) is 0 Å². The van der Waals surface area contributed by atoms with E-state index in [2.05, 4.69) is 10.2 Å². The fourth-order valence-electron chi connectivity index (χ4n) is 2.96. The van der Waals surface area contributed by atoms with Gasteiger partial charge in [-0.1, -0.05) is 0 Å². The molecule has 0 amide bonds. The molecule has 0 aliphatic carbocycles. The van der Waals surface area contributed by atoms with Gasteiger partial charge in [-0.2, -0.15) is 22.1 Å². The summed E-state index contributed by atoms with van der Waals surface area (Å²) in [6, 6.07) is 1.92. The van der Waals surface area contributed by atoms with Crippen molar-refractivity contribution in [2.24, 2.45) is 0 Å². The number of aromatic amines is 1. The Morgan fingerprint density at radius 2 is 2.09 bits per heavy atom. The molecule has 22 heavy (non-hydrogen) atoms. The highest BCUT2D eigenvalue weighted by Gasteiger charge is 2.37. The second kappa shape index (κ2) is 6.63. The number of ether oxygens (including phenoxy) is 1. The van der Waals surface area contributed by atoms with Crippen molar-refractivity contribution in [3.63, 3.8) is 0 Å². The lowest BCUT2D eigenvalue weighted by Crippen LogP contribution is -2.47. The molecule has 2 aliphatic heterocycles. The van der Waals surface area contributed by atoms with Gasteiger partial charge in [0, 0.05) is 50.8 Å². The van der Waals surface area contributed by atoms with Crippen LogP contribution in [0.4, 0.5) is 0 Å². The first-order valence-corrected chi connectivity index (χ1v) is 8.99. The number of nitrogens with zero attached hydrogens (tertiary/aromatic N) is 3. The molecular weight excluding hydrogens is 308 g/mol. The number of nitrogens with one attached hydrogen (secondary N) is 1. The summed E-state index contributed by atoms with van der Waals surface area (Å²) in [7, 11) is -3.40. The fourth-order valence-corrected chi connectivity index (χ4v) is 4.60. The molecule has 9 heteroatoms. The van der Waals surface area contributed by atoms with Gasteiger partial charge in [0.2, 0.25) is 0 Å². The molecule has 8 nitrogen and oxygen atoms in total. The monoisotopic (exact) mass is 330 g/mol. The average Bonchev–Trinajstić information content (AvgIpc) is 3.17. The average molecular weight is 330 g/mol. The number of hydrogen-bond acceptors (Lipinski definition) is 5. The van der Waals surface area contributed by atoms with Crippen LogP contribution in [0.2, 0.25) is 0 Å². The molecule has 1 atom stereocenters. The van der Waals surface area contributed by atoms with Gasteiger partial charge in [0.15, 0.2) is 0 Å². The van der Waals surface area contributed by atoms with Crippen molar-refractivity contribution in [3.8, 4) is 0 Å². The molecule has 3 rings (SSSR count). The van der Waals surface area contributed by atoms with Gasteiger partial charge in [0.25, 0.3) is 10.2 Å². The van der Waals surface area contributed by atoms with Crippen molar-refractivity contribution in [3.05, 3.63) is 17.5 Å². The van der Waals surface area contributed by atoms with Crippen LogP contribution in [0, 0.1) is 0 Å². The van der Waals surface area contributed by atoms with E-state index in [4.69, 9.17) is 9.84 Å². The number of H-pyrrole nitrogens is 1. The van der Waals surface area contributed by atoms with Crippen LogP contribution in [-0.4, -0.2) is 78.3 Å². The van der Waals surface area contributed by atoms with E-state index in [1.807, 2.05) is 6.07 Å². The normalized spacial score (nSPS) is 24.9. The molecular formula is C13H22N4O4S. The molecule has 0 unspecified atom stereocenters. The summed E-state index contributed by atoms with van der Waals surface area (Å²) in [5.41, 5.74) is 1.76. The molecule has 0 saturated carbocycles. The highest BCUT2D eigenvalue weighted by molar-refractivity contribution is 7.86. The third-order valence-corrected chi connectivity index (χ3v) is 6.23. The first-order valence-electron chi connectivity index (χ1n) is 7.59. The maximum atomic E-state index is 12.6. The van der Waals surface area contributed by atoms with Crippen LogP contribution in [-0.2, 0) is 21.4 Å². The minimum Gasteiger partial charge on any atom is -0.396 e. The lowest BCUT2D eigenvalue weighted by molar-refractivity contribution is 0.0705. The van der Waals surface area contributed by atoms with E-state index in [0.29, 0.717) is 45.8 Å². The van der Waals surface area contributed by atoms with Crippen LogP contribution >= 0.6 is 0 Å². The van der Waals surface area contributed by atoms with E-state index in [1.54, 1.807) is 4.31 Å². The fraction of sp³-hybridized carbons (Fsp3) is 0.769. The second-order valence-corrected chi connectivity index (χ2v) is 7.58. The topological polar surface area (TPSA) is 98.8 Å². The number of aromatic nitrogens is 2. The maximum absolute atomic E-state index is 12.6. The quantitative estimate of drug-likeness (QED) is 0.745. The largest absolute Gasteiger partial charge is 0.396 e. The van der Waals surface area contributed by atoms with Crippen molar-refractivity contribution >= 4 is 10.2 Å². The van der Waals surface area contributed by atoms with E-state index < -0.39 is 10.2 Å². The zero-order chi connectivity index (χ0) is 15.6. The Morgan fingerprint density at radius 3 is 2.82 bits per heavy atom. The molecule has 0 bridgehead atoms. The van der Waals surface area contributed by atoms with Crippen molar-refractivity contribution in [1.82, 2.24) is 18.8 Å².